The number of alkyl halides is 3. The monoisotopic (exact) mass is 182 g/mol. The van der Waals surface area contributed by atoms with Crippen LogP contribution in [-0.2, 0) is 4.79 Å². The fraction of sp³-hybridized carbons (Fsp3) is 0.857. The van der Waals surface area contributed by atoms with Crippen LogP contribution in [0, 0.1) is 5.92 Å². The highest BCUT2D eigenvalue weighted by Crippen LogP contribution is 2.33. The molecule has 1 aliphatic carbocycles. The first-order valence-corrected chi connectivity index (χ1v) is 4.00. The molecule has 4 heteroatoms. The van der Waals surface area contributed by atoms with Crippen LogP contribution in [-0.4, -0.2) is 11.2 Å². The Labute approximate surface area is 68.7 Å². The van der Waals surface area contributed by atoms with Crippen molar-refractivity contribution in [2.45, 2.75) is 31.1 Å². The predicted octanol–water partition coefficient (Wildman–Crippen LogP) is 2.58. The number of hydrogen-bond acceptors (Lipinski definition) is 1. The van der Waals surface area contributed by atoms with E-state index in [0.717, 1.165) is 12.8 Å². The summed E-state index contributed by atoms with van der Waals surface area (Å²) in [5, 5.41) is -3.64. The first-order chi connectivity index (χ1) is 5.02. The predicted molar refractivity (Wildman–Crippen MR) is 37.8 cm³/mol. The van der Waals surface area contributed by atoms with Crippen LogP contribution in [0.2, 0.25) is 0 Å². The van der Waals surface area contributed by atoms with Crippen molar-refractivity contribution in [3.63, 3.8) is 0 Å². The molecule has 0 aromatic rings. The molecule has 64 valence electrons. The van der Waals surface area contributed by atoms with Crippen molar-refractivity contribution in [3.8, 4) is 0 Å². The van der Waals surface area contributed by atoms with E-state index in [-0.39, 0.29) is 0 Å². The second kappa shape index (κ2) is 3.05. The summed E-state index contributed by atoms with van der Waals surface area (Å²) in [6, 6.07) is 0. The lowest BCUT2D eigenvalue weighted by Crippen LogP contribution is -2.27. The van der Waals surface area contributed by atoms with Gasteiger partial charge in [-0.05, 0) is 24.4 Å². The maximum atomic E-state index is 12.2. The summed E-state index contributed by atoms with van der Waals surface area (Å²) in [5.74, 6) is -1.60. The third kappa shape index (κ3) is 2.12. The van der Waals surface area contributed by atoms with Crippen molar-refractivity contribution in [2.24, 2.45) is 5.92 Å². The van der Waals surface area contributed by atoms with E-state index in [1.54, 1.807) is 0 Å². The zero-order valence-corrected chi connectivity index (χ0v) is 6.70. The van der Waals surface area contributed by atoms with E-state index >= 15 is 0 Å². The normalized spacial score (nSPS) is 20.6. The number of carbonyl (C=O) groups is 1. The maximum Gasteiger partial charge on any atom is 0.380 e. The highest BCUT2D eigenvalue weighted by molar-refractivity contribution is 6.32. The smallest absolute Gasteiger partial charge is 0.291 e. The lowest BCUT2D eigenvalue weighted by molar-refractivity contribution is -0.137. The molecule has 0 aromatic carbocycles. The first-order valence-electron chi connectivity index (χ1n) is 3.63. The van der Waals surface area contributed by atoms with Crippen molar-refractivity contribution in [2.75, 3.05) is 0 Å². The first kappa shape index (κ1) is 8.91. The Kier molecular flexibility index (Phi) is 2.47. The molecule has 0 aromatic heterocycles. The summed E-state index contributed by atoms with van der Waals surface area (Å²) < 4.78 is 24.4. The fourth-order valence-corrected chi connectivity index (χ4v) is 1.57. The van der Waals surface area contributed by atoms with E-state index in [2.05, 4.69) is 11.6 Å². The van der Waals surface area contributed by atoms with Crippen LogP contribution < -0.4 is 0 Å². The molecule has 0 spiro atoms. The summed E-state index contributed by atoms with van der Waals surface area (Å²) in [6.45, 7) is 0. The minimum atomic E-state index is -3.64. The zero-order chi connectivity index (χ0) is 8.48. The second-order valence-electron chi connectivity index (χ2n) is 2.84. The Morgan fingerprint density at radius 3 is 2.18 bits per heavy atom. The number of Topliss-reactive ketones (excluding diaryl/α,β-unsaturated/α-hetero) is 1. The summed E-state index contributed by atoms with van der Waals surface area (Å²) >= 11 is 4.58. The van der Waals surface area contributed by atoms with Crippen molar-refractivity contribution in [1.82, 2.24) is 0 Å². The summed E-state index contributed by atoms with van der Waals surface area (Å²) in [5.41, 5.74) is 0. The topological polar surface area (TPSA) is 17.1 Å². The Balaban J connectivity index is 2.53. The SMILES string of the molecule is O=C(C1CCCC1)C(F)(F)Cl. The molecule has 0 bridgehead atoms. The molecule has 1 nitrogen and oxygen atoms in total. The van der Waals surface area contributed by atoms with Gasteiger partial charge >= 0.3 is 5.38 Å². The molecule has 0 aliphatic heterocycles. The second-order valence-corrected chi connectivity index (χ2v) is 3.32. The largest absolute Gasteiger partial charge is 0.380 e. The molecule has 11 heavy (non-hydrogen) atoms. The average Bonchev–Trinajstić information content (AvgIpc) is 2.34. The molecule has 0 atom stereocenters. The third-order valence-corrected chi connectivity index (χ3v) is 2.19. The number of hydrogen-bond donors (Lipinski definition) is 0. The van der Waals surface area contributed by atoms with Gasteiger partial charge in [-0.2, -0.15) is 8.78 Å². The lowest BCUT2D eigenvalue weighted by atomic mass is 10.0. The fourth-order valence-electron chi connectivity index (χ4n) is 1.42. The molecule has 0 heterocycles. The molecular weight excluding hydrogens is 174 g/mol. The lowest BCUT2D eigenvalue weighted by Gasteiger charge is -2.11. The molecule has 0 unspecified atom stereocenters. The quantitative estimate of drug-likeness (QED) is 0.600. The Bertz CT molecular complexity index is 158. The van der Waals surface area contributed by atoms with Crippen LogP contribution in [0.15, 0.2) is 0 Å². The van der Waals surface area contributed by atoms with Crippen LogP contribution >= 0.6 is 11.6 Å². The van der Waals surface area contributed by atoms with E-state index in [9.17, 15) is 13.6 Å². The van der Waals surface area contributed by atoms with Gasteiger partial charge in [0, 0.05) is 5.92 Å². The van der Waals surface area contributed by atoms with Gasteiger partial charge in [0.05, 0.1) is 0 Å². The van der Waals surface area contributed by atoms with Gasteiger partial charge in [-0.25, -0.2) is 0 Å². The molecule has 1 saturated carbocycles. The molecule has 0 radical (unpaired) electrons. The van der Waals surface area contributed by atoms with Gasteiger partial charge < -0.3 is 0 Å². The van der Waals surface area contributed by atoms with Crippen molar-refractivity contribution in [1.29, 1.82) is 0 Å². The molecular formula is C7H9ClF2O. The summed E-state index contributed by atoms with van der Waals surface area (Å²) in [7, 11) is 0. The van der Waals surface area contributed by atoms with Gasteiger partial charge in [0.2, 0.25) is 5.78 Å². The van der Waals surface area contributed by atoms with E-state index in [0.29, 0.717) is 12.8 Å². The van der Waals surface area contributed by atoms with E-state index < -0.39 is 17.1 Å². The molecule has 0 saturated heterocycles. The number of rotatable bonds is 2. The number of ketones is 1. The van der Waals surface area contributed by atoms with Crippen LogP contribution in [0.5, 0.6) is 0 Å². The average molecular weight is 183 g/mol. The third-order valence-electron chi connectivity index (χ3n) is 2.01. The van der Waals surface area contributed by atoms with Crippen LogP contribution in [0.4, 0.5) is 8.78 Å². The van der Waals surface area contributed by atoms with Crippen molar-refractivity contribution < 1.29 is 13.6 Å². The van der Waals surface area contributed by atoms with Gasteiger partial charge in [-0.1, -0.05) is 12.8 Å². The van der Waals surface area contributed by atoms with Crippen LogP contribution in [0.25, 0.3) is 0 Å². The Morgan fingerprint density at radius 2 is 1.82 bits per heavy atom. The maximum absolute atomic E-state index is 12.2. The Hall–Kier alpha value is -0.180. The molecule has 1 fully saturated rings. The standard InChI is InChI=1S/C7H9ClF2O/c8-7(9,10)6(11)5-3-1-2-4-5/h5H,1-4H2. The Morgan fingerprint density at radius 1 is 1.36 bits per heavy atom. The van der Waals surface area contributed by atoms with E-state index in [1.807, 2.05) is 0 Å². The summed E-state index contributed by atoms with van der Waals surface area (Å²) in [4.78, 5) is 10.8. The van der Waals surface area contributed by atoms with Gasteiger partial charge in [0.25, 0.3) is 0 Å². The number of carbonyl (C=O) groups excluding carboxylic acids is 1. The molecule has 1 rings (SSSR count). The van der Waals surface area contributed by atoms with Gasteiger partial charge in [-0.15, -0.1) is 0 Å². The zero-order valence-electron chi connectivity index (χ0n) is 5.95. The number of halogens is 3. The van der Waals surface area contributed by atoms with Gasteiger partial charge in [0.15, 0.2) is 0 Å². The van der Waals surface area contributed by atoms with Crippen molar-refractivity contribution in [3.05, 3.63) is 0 Å². The molecule has 0 amide bonds. The van der Waals surface area contributed by atoms with Gasteiger partial charge in [0.1, 0.15) is 0 Å². The van der Waals surface area contributed by atoms with Crippen LogP contribution in [0.3, 0.4) is 0 Å². The highest BCUT2D eigenvalue weighted by Gasteiger charge is 2.41. The van der Waals surface area contributed by atoms with Gasteiger partial charge in [-0.3, -0.25) is 4.79 Å². The van der Waals surface area contributed by atoms with E-state index in [1.165, 1.54) is 0 Å². The minimum absolute atomic E-state index is 0.498. The minimum Gasteiger partial charge on any atom is -0.291 e. The molecule has 1 aliphatic rings. The highest BCUT2D eigenvalue weighted by atomic mass is 35.5. The molecule has 0 N–H and O–H groups in total. The van der Waals surface area contributed by atoms with E-state index in [4.69, 9.17) is 0 Å². The van der Waals surface area contributed by atoms with Crippen LogP contribution in [0.1, 0.15) is 25.7 Å². The summed E-state index contributed by atoms with van der Waals surface area (Å²) in [6.07, 6.45) is 2.87. The van der Waals surface area contributed by atoms with Crippen molar-refractivity contribution >= 4 is 17.4 Å².